The molecule has 1 rings (SSSR count). The number of Topliss-reactive ketones (excluding diaryl/α,β-unsaturated/α-hetero) is 2. The first-order valence-electron chi connectivity index (χ1n) is 4.07. The van der Waals surface area contributed by atoms with Crippen LogP contribution in [0.4, 0.5) is 0 Å². The van der Waals surface area contributed by atoms with E-state index in [1.807, 2.05) is 0 Å². The Morgan fingerprint density at radius 1 is 1.53 bits per heavy atom. The van der Waals surface area contributed by atoms with Crippen molar-refractivity contribution in [1.29, 1.82) is 0 Å². The highest BCUT2D eigenvalue weighted by Gasteiger charge is 2.43. The minimum Gasteiger partial charge on any atom is -0.337 e. The van der Waals surface area contributed by atoms with Gasteiger partial charge in [-0.3, -0.25) is 18.9 Å². The first-order chi connectivity index (χ1) is 6.72. The summed E-state index contributed by atoms with van der Waals surface area (Å²) in [6.07, 6.45) is -1.07. The van der Waals surface area contributed by atoms with Gasteiger partial charge in [0.05, 0.1) is 6.54 Å². The van der Waals surface area contributed by atoms with Gasteiger partial charge in [0.15, 0.2) is 17.5 Å². The normalized spacial score (nSPS) is 22.3. The molecule has 7 nitrogen and oxygen atoms in total. The Morgan fingerprint density at radius 3 is 2.40 bits per heavy atom. The SMILES string of the molecule is CN1CC(=O)C(C(=O)CP(=O)(O)O)C1=O. The molecule has 0 spiro atoms. The summed E-state index contributed by atoms with van der Waals surface area (Å²) in [5.41, 5.74) is 0. The molecule has 0 aromatic rings. The predicted molar refractivity (Wildman–Crippen MR) is 48.1 cm³/mol. The Kier molecular flexibility index (Phi) is 3.08. The van der Waals surface area contributed by atoms with Gasteiger partial charge in [-0.1, -0.05) is 0 Å². The van der Waals surface area contributed by atoms with Gasteiger partial charge in [-0.15, -0.1) is 0 Å². The number of rotatable bonds is 3. The zero-order valence-electron chi connectivity index (χ0n) is 7.91. The summed E-state index contributed by atoms with van der Waals surface area (Å²) in [4.78, 5) is 51.9. The van der Waals surface area contributed by atoms with E-state index in [4.69, 9.17) is 9.79 Å². The molecule has 0 radical (unpaired) electrons. The first-order valence-corrected chi connectivity index (χ1v) is 5.87. The van der Waals surface area contributed by atoms with E-state index in [9.17, 15) is 18.9 Å². The minimum atomic E-state index is -4.52. The first kappa shape index (κ1) is 12.0. The topological polar surface area (TPSA) is 112 Å². The molecule has 0 saturated carbocycles. The summed E-state index contributed by atoms with van der Waals surface area (Å²) < 4.78 is 10.5. The predicted octanol–water partition coefficient (Wildman–Crippen LogP) is -1.61. The number of nitrogens with zero attached hydrogens (tertiary/aromatic N) is 1. The second kappa shape index (κ2) is 3.84. The highest BCUT2D eigenvalue weighted by atomic mass is 31.2. The Bertz CT molecular complexity index is 372. The van der Waals surface area contributed by atoms with E-state index in [0.717, 1.165) is 4.90 Å². The fourth-order valence-corrected chi connectivity index (χ4v) is 1.96. The van der Waals surface area contributed by atoms with Gasteiger partial charge in [-0.25, -0.2) is 0 Å². The molecule has 1 aliphatic rings. The number of hydrogen-bond acceptors (Lipinski definition) is 4. The van der Waals surface area contributed by atoms with Crippen LogP contribution in [0.3, 0.4) is 0 Å². The zero-order valence-corrected chi connectivity index (χ0v) is 8.81. The molecule has 1 heterocycles. The lowest BCUT2D eigenvalue weighted by Crippen LogP contribution is -2.30. The second-order valence-corrected chi connectivity index (χ2v) is 5.03. The van der Waals surface area contributed by atoms with Crippen LogP contribution in [-0.4, -0.2) is 51.9 Å². The number of ketones is 2. The smallest absolute Gasteiger partial charge is 0.332 e. The molecule has 0 aliphatic carbocycles. The van der Waals surface area contributed by atoms with Crippen LogP contribution in [0.1, 0.15) is 0 Å². The summed E-state index contributed by atoms with van der Waals surface area (Å²) in [5.74, 6) is -3.84. The van der Waals surface area contributed by atoms with Crippen molar-refractivity contribution in [3.8, 4) is 0 Å². The van der Waals surface area contributed by atoms with E-state index in [1.165, 1.54) is 7.05 Å². The van der Waals surface area contributed by atoms with Crippen LogP contribution in [0, 0.1) is 5.92 Å². The summed E-state index contributed by atoms with van der Waals surface area (Å²) in [6.45, 7) is -0.184. The van der Waals surface area contributed by atoms with Crippen molar-refractivity contribution in [1.82, 2.24) is 4.90 Å². The Morgan fingerprint density at radius 2 is 2.07 bits per heavy atom. The van der Waals surface area contributed by atoms with E-state index in [2.05, 4.69) is 0 Å². The molecule has 84 valence electrons. The molecule has 1 saturated heterocycles. The van der Waals surface area contributed by atoms with Gasteiger partial charge in [0, 0.05) is 7.05 Å². The highest BCUT2D eigenvalue weighted by molar-refractivity contribution is 7.52. The van der Waals surface area contributed by atoms with Gasteiger partial charge >= 0.3 is 7.60 Å². The van der Waals surface area contributed by atoms with Gasteiger partial charge in [0.2, 0.25) is 5.91 Å². The van der Waals surface area contributed by atoms with E-state index in [0.29, 0.717) is 0 Å². The fourth-order valence-electron chi connectivity index (χ4n) is 1.37. The van der Waals surface area contributed by atoms with Gasteiger partial charge in [-0.05, 0) is 0 Å². The Balaban J connectivity index is 2.81. The third kappa shape index (κ3) is 2.71. The molecule has 15 heavy (non-hydrogen) atoms. The monoisotopic (exact) mass is 235 g/mol. The van der Waals surface area contributed by atoms with Crippen molar-refractivity contribution in [3.63, 3.8) is 0 Å². The number of amides is 1. The molecule has 0 aromatic carbocycles. The fraction of sp³-hybridized carbons (Fsp3) is 0.571. The van der Waals surface area contributed by atoms with Crippen molar-refractivity contribution in [2.45, 2.75) is 0 Å². The molecular weight excluding hydrogens is 225 g/mol. The van der Waals surface area contributed by atoms with Gasteiger partial charge in [0.25, 0.3) is 0 Å². The molecular formula is C7H10NO6P. The van der Waals surface area contributed by atoms with Crippen LogP contribution in [-0.2, 0) is 18.9 Å². The minimum absolute atomic E-state index is 0.184. The number of hydrogen-bond donors (Lipinski definition) is 2. The summed E-state index contributed by atoms with van der Waals surface area (Å²) >= 11 is 0. The maximum Gasteiger partial charge on any atom is 0.332 e. The van der Waals surface area contributed by atoms with Crippen molar-refractivity contribution in [2.75, 3.05) is 19.8 Å². The third-order valence-corrected chi connectivity index (χ3v) is 2.75. The number of carbonyl (C=O) groups is 3. The third-order valence-electron chi connectivity index (χ3n) is 2.02. The lowest BCUT2D eigenvalue weighted by molar-refractivity contribution is -0.137. The average molecular weight is 235 g/mol. The number of likely N-dealkylation sites (tertiary alicyclic amines) is 1. The molecule has 8 heteroatoms. The van der Waals surface area contributed by atoms with Crippen molar-refractivity contribution in [3.05, 3.63) is 0 Å². The maximum atomic E-state index is 11.3. The molecule has 0 bridgehead atoms. The largest absolute Gasteiger partial charge is 0.337 e. The Hall–Kier alpha value is -1.04. The van der Waals surface area contributed by atoms with Crippen LogP contribution in [0.15, 0.2) is 0 Å². The van der Waals surface area contributed by atoms with Gasteiger partial charge < -0.3 is 14.7 Å². The van der Waals surface area contributed by atoms with Crippen molar-refractivity contribution >= 4 is 25.1 Å². The van der Waals surface area contributed by atoms with Gasteiger partial charge in [0.1, 0.15) is 6.16 Å². The summed E-state index contributed by atoms with van der Waals surface area (Å²) in [7, 11) is -3.17. The zero-order chi connectivity index (χ0) is 11.8. The van der Waals surface area contributed by atoms with Crippen LogP contribution >= 0.6 is 7.60 Å². The van der Waals surface area contributed by atoms with E-state index < -0.39 is 37.1 Å². The molecule has 1 amide bonds. The number of carbonyl (C=O) groups excluding carboxylic acids is 3. The van der Waals surface area contributed by atoms with Crippen LogP contribution in [0.25, 0.3) is 0 Å². The summed E-state index contributed by atoms with van der Waals surface area (Å²) in [5, 5.41) is 0. The molecule has 1 unspecified atom stereocenters. The average Bonchev–Trinajstić information content (AvgIpc) is 2.22. The molecule has 0 aromatic heterocycles. The van der Waals surface area contributed by atoms with E-state index in [1.54, 1.807) is 0 Å². The lowest BCUT2D eigenvalue weighted by atomic mass is 10.0. The second-order valence-electron chi connectivity index (χ2n) is 3.38. The summed E-state index contributed by atoms with van der Waals surface area (Å²) in [6, 6.07) is 0. The van der Waals surface area contributed by atoms with E-state index in [-0.39, 0.29) is 6.54 Å². The lowest BCUT2D eigenvalue weighted by Gasteiger charge is -2.08. The van der Waals surface area contributed by atoms with Crippen LogP contribution in [0.5, 0.6) is 0 Å². The van der Waals surface area contributed by atoms with Crippen molar-refractivity contribution < 1.29 is 28.7 Å². The Labute approximate surface area is 85.2 Å². The van der Waals surface area contributed by atoms with E-state index >= 15 is 0 Å². The quantitative estimate of drug-likeness (QED) is 0.449. The number of likely N-dealkylation sites (N-methyl/N-ethyl adjacent to an activating group) is 1. The van der Waals surface area contributed by atoms with Gasteiger partial charge in [-0.2, -0.15) is 0 Å². The van der Waals surface area contributed by atoms with Crippen LogP contribution in [0.2, 0.25) is 0 Å². The molecule has 1 atom stereocenters. The van der Waals surface area contributed by atoms with Crippen LogP contribution < -0.4 is 0 Å². The molecule has 1 fully saturated rings. The molecule has 2 N–H and O–H groups in total. The standard InChI is InChI=1S/C7H10NO6P/c1-8-2-4(9)6(7(8)11)5(10)3-15(12,13)14/h6H,2-3H2,1H3,(H2,12,13,14). The van der Waals surface area contributed by atoms with Crippen molar-refractivity contribution in [2.24, 2.45) is 5.92 Å². The maximum absolute atomic E-state index is 11.3. The molecule has 1 aliphatic heterocycles. The highest BCUT2D eigenvalue weighted by Crippen LogP contribution is 2.35.